The van der Waals surface area contributed by atoms with E-state index >= 15 is 0 Å². The molecule has 0 aromatic heterocycles. The Balaban J connectivity index is 2.10. The van der Waals surface area contributed by atoms with Gasteiger partial charge in [-0.25, -0.2) is 9.69 Å². The largest absolute Gasteiger partial charge is 0.367 e. The SMILES string of the molecule is Cc1ccc(N2C(=O)NCC3=C2NCC=C3)c(C)c1. The molecule has 2 aliphatic heterocycles. The molecule has 0 bridgehead atoms. The van der Waals surface area contributed by atoms with E-state index in [4.69, 9.17) is 0 Å². The van der Waals surface area contributed by atoms with Crippen molar-refractivity contribution in [2.45, 2.75) is 13.8 Å². The van der Waals surface area contributed by atoms with E-state index in [1.54, 1.807) is 4.90 Å². The molecule has 19 heavy (non-hydrogen) atoms. The van der Waals surface area contributed by atoms with E-state index in [1.807, 2.05) is 19.1 Å². The Hall–Kier alpha value is -2.23. The maximum atomic E-state index is 12.2. The number of hydrogen-bond acceptors (Lipinski definition) is 2. The number of hydrogen-bond donors (Lipinski definition) is 2. The Labute approximate surface area is 112 Å². The second-order valence-electron chi connectivity index (χ2n) is 4.94. The fourth-order valence-corrected chi connectivity index (χ4v) is 2.55. The van der Waals surface area contributed by atoms with E-state index in [0.717, 1.165) is 29.2 Å². The minimum absolute atomic E-state index is 0.0755. The number of nitrogens with one attached hydrogen (secondary N) is 2. The molecule has 3 rings (SSSR count). The fourth-order valence-electron chi connectivity index (χ4n) is 2.55. The summed E-state index contributed by atoms with van der Waals surface area (Å²) in [7, 11) is 0. The van der Waals surface area contributed by atoms with Gasteiger partial charge >= 0.3 is 6.03 Å². The van der Waals surface area contributed by atoms with Crippen LogP contribution in [0.15, 0.2) is 41.7 Å². The van der Waals surface area contributed by atoms with Crippen molar-refractivity contribution in [3.8, 4) is 0 Å². The number of anilines is 1. The van der Waals surface area contributed by atoms with Crippen molar-refractivity contribution in [2.24, 2.45) is 0 Å². The zero-order chi connectivity index (χ0) is 13.4. The number of urea groups is 1. The van der Waals surface area contributed by atoms with Crippen LogP contribution >= 0.6 is 0 Å². The Kier molecular flexibility index (Phi) is 2.78. The van der Waals surface area contributed by atoms with Crippen LogP contribution in [0, 0.1) is 13.8 Å². The molecule has 2 N–H and O–H groups in total. The first-order valence-corrected chi connectivity index (χ1v) is 6.45. The molecule has 0 unspecified atom stereocenters. The molecule has 2 heterocycles. The maximum absolute atomic E-state index is 12.2. The molecule has 4 nitrogen and oxygen atoms in total. The topological polar surface area (TPSA) is 44.4 Å². The minimum atomic E-state index is -0.0755. The zero-order valence-corrected chi connectivity index (χ0v) is 11.2. The predicted octanol–water partition coefficient (Wildman–Crippen LogP) is 2.20. The predicted molar refractivity (Wildman–Crippen MR) is 76.0 cm³/mol. The first kappa shape index (κ1) is 11.8. The van der Waals surface area contributed by atoms with Gasteiger partial charge in [-0.3, -0.25) is 0 Å². The van der Waals surface area contributed by atoms with Crippen LogP contribution in [0.2, 0.25) is 0 Å². The summed E-state index contributed by atoms with van der Waals surface area (Å²) in [5.74, 6) is 0.901. The van der Waals surface area contributed by atoms with Crippen LogP contribution < -0.4 is 15.5 Å². The summed E-state index contributed by atoms with van der Waals surface area (Å²) >= 11 is 0. The molecule has 4 heteroatoms. The first-order chi connectivity index (χ1) is 9.16. The number of dihydropyridines is 1. The van der Waals surface area contributed by atoms with Gasteiger partial charge in [0.15, 0.2) is 0 Å². The second kappa shape index (κ2) is 4.46. The van der Waals surface area contributed by atoms with Crippen LogP contribution in [0.5, 0.6) is 0 Å². The van der Waals surface area contributed by atoms with Crippen molar-refractivity contribution in [3.63, 3.8) is 0 Å². The van der Waals surface area contributed by atoms with Gasteiger partial charge in [-0.2, -0.15) is 0 Å². The van der Waals surface area contributed by atoms with Gasteiger partial charge in [-0.15, -0.1) is 0 Å². The molecular weight excluding hydrogens is 238 g/mol. The van der Waals surface area contributed by atoms with Crippen molar-refractivity contribution >= 4 is 11.7 Å². The third-order valence-corrected chi connectivity index (χ3v) is 3.46. The summed E-state index contributed by atoms with van der Waals surface area (Å²) in [5, 5.41) is 6.21. The lowest BCUT2D eigenvalue weighted by Gasteiger charge is -2.34. The number of carbonyl (C=O) groups is 1. The standard InChI is InChI=1S/C15H17N3O/c1-10-5-6-13(11(2)8-10)18-14-12(4-3-7-16-14)9-17-15(18)19/h3-6,8,16H,7,9H2,1-2H3,(H,17,19). The summed E-state index contributed by atoms with van der Waals surface area (Å²) in [6.07, 6.45) is 4.14. The first-order valence-electron chi connectivity index (χ1n) is 6.45. The molecule has 0 aliphatic carbocycles. The number of carbonyl (C=O) groups excluding carboxylic acids is 1. The quantitative estimate of drug-likeness (QED) is 0.808. The van der Waals surface area contributed by atoms with Gasteiger partial charge < -0.3 is 10.6 Å². The average Bonchev–Trinajstić information content (AvgIpc) is 2.40. The fraction of sp³-hybridized carbons (Fsp3) is 0.267. The molecule has 98 valence electrons. The van der Waals surface area contributed by atoms with Gasteiger partial charge in [0, 0.05) is 18.7 Å². The Morgan fingerprint density at radius 2 is 2.05 bits per heavy atom. The Morgan fingerprint density at radius 1 is 1.21 bits per heavy atom. The molecular formula is C15H17N3O. The van der Waals surface area contributed by atoms with Crippen molar-refractivity contribution in [3.05, 3.63) is 52.9 Å². The smallest absolute Gasteiger partial charge is 0.327 e. The lowest BCUT2D eigenvalue weighted by molar-refractivity contribution is 0.246. The summed E-state index contributed by atoms with van der Waals surface area (Å²) in [6.45, 7) is 5.43. The second-order valence-corrected chi connectivity index (χ2v) is 4.94. The van der Waals surface area contributed by atoms with Gasteiger partial charge in [0.2, 0.25) is 0 Å². The number of rotatable bonds is 1. The van der Waals surface area contributed by atoms with Gasteiger partial charge in [0.1, 0.15) is 5.82 Å². The third-order valence-electron chi connectivity index (χ3n) is 3.46. The molecule has 0 saturated heterocycles. The van der Waals surface area contributed by atoms with E-state index in [1.165, 1.54) is 5.56 Å². The number of amides is 2. The van der Waals surface area contributed by atoms with Crippen molar-refractivity contribution in [1.82, 2.24) is 10.6 Å². The molecule has 0 radical (unpaired) electrons. The van der Waals surface area contributed by atoms with Crippen LogP contribution in [0.3, 0.4) is 0 Å². The van der Waals surface area contributed by atoms with Crippen LogP contribution in [-0.2, 0) is 0 Å². The third kappa shape index (κ3) is 1.99. The monoisotopic (exact) mass is 255 g/mol. The normalized spacial score (nSPS) is 18.0. The number of nitrogens with zero attached hydrogens (tertiary/aromatic N) is 1. The van der Waals surface area contributed by atoms with Gasteiger partial charge in [0.25, 0.3) is 0 Å². The summed E-state index contributed by atoms with van der Waals surface area (Å²) in [6, 6.07) is 6.05. The van der Waals surface area contributed by atoms with E-state index in [-0.39, 0.29) is 6.03 Å². The average molecular weight is 255 g/mol. The zero-order valence-electron chi connectivity index (χ0n) is 11.2. The molecule has 0 fully saturated rings. The number of aryl methyl sites for hydroxylation is 2. The molecule has 0 atom stereocenters. The van der Waals surface area contributed by atoms with Crippen molar-refractivity contribution in [2.75, 3.05) is 18.0 Å². The lowest BCUT2D eigenvalue weighted by Crippen LogP contribution is -2.50. The molecule has 2 aliphatic rings. The van der Waals surface area contributed by atoms with E-state index in [9.17, 15) is 4.79 Å². The number of benzene rings is 1. The highest BCUT2D eigenvalue weighted by Crippen LogP contribution is 2.28. The highest BCUT2D eigenvalue weighted by atomic mass is 16.2. The molecule has 0 saturated carbocycles. The molecule has 1 aromatic rings. The van der Waals surface area contributed by atoms with Crippen LogP contribution in [0.4, 0.5) is 10.5 Å². The van der Waals surface area contributed by atoms with Crippen LogP contribution in [0.1, 0.15) is 11.1 Å². The molecule has 2 amide bonds. The maximum Gasteiger partial charge on any atom is 0.327 e. The van der Waals surface area contributed by atoms with Crippen LogP contribution in [0.25, 0.3) is 0 Å². The van der Waals surface area contributed by atoms with E-state index < -0.39 is 0 Å². The van der Waals surface area contributed by atoms with Gasteiger partial charge in [0.05, 0.1) is 5.69 Å². The molecule has 0 spiro atoms. The van der Waals surface area contributed by atoms with Crippen LogP contribution in [-0.4, -0.2) is 19.1 Å². The highest BCUT2D eigenvalue weighted by molar-refractivity contribution is 5.97. The summed E-state index contributed by atoms with van der Waals surface area (Å²) in [4.78, 5) is 13.9. The Morgan fingerprint density at radius 3 is 2.84 bits per heavy atom. The summed E-state index contributed by atoms with van der Waals surface area (Å²) < 4.78 is 0. The van der Waals surface area contributed by atoms with E-state index in [2.05, 4.69) is 35.8 Å². The van der Waals surface area contributed by atoms with Gasteiger partial charge in [-0.05, 0) is 25.5 Å². The molecule has 1 aromatic carbocycles. The lowest BCUT2D eigenvalue weighted by atomic mass is 10.1. The highest BCUT2D eigenvalue weighted by Gasteiger charge is 2.28. The van der Waals surface area contributed by atoms with Crippen molar-refractivity contribution < 1.29 is 4.79 Å². The minimum Gasteiger partial charge on any atom is -0.367 e. The van der Waals surface area contributed by atoms with Crippen molar-refractivity contribution in [1.29, 1.82) is 0 Å². The summed E-state index contributed by atoms with van der Waals surface area (Å²) in [5.41, 5.74) is 4.34. The van der Waals surface area contributed by atoms with Gasteiger partial charge in [-0.1, -0.05) is 29.8 Å². The Bertz CT molecular complexity index is 601. The van der Waals surface area contributed by atoms with E-state index in [0.29, 0.717) is 6.54 Å².